The Morgan fingerprint density at radius 2 is 2.00 bits per heavy atom. The van der Waals surface area contributed by atoms with Crippen molar-refractivity contribution < 1.29 is 23.1 Å². The first-order chi connectivity index (χ1) is 11.0. The van der Waals surface area contributed by atoms with Gasteiger partial charge in [0, 0.05) is 13.5 Å². The predicted octanol–water partition coefficient (Wildman–Crippen LogP) is 2.77. The molecule has 0 aliphatic heterocycles. The van der Waals surface area contributed by atoms with E-state index in [9.17, 15) is 13.6 Å². The fraction of sp³-hybridized carbons (Fsp3) is 0.471. The van der Waals surface area contributed by atoms with Gasteiger partial charge < -0.3 is 10.1 Å². The first-order valence-corrected chi connectivity index (χ1v) is 7.43. The van der Waals surface area contributed by atoms with Gasteiger partial charge in [-0.25, -0.2) is 13.8 Å². The molecule has 0 spiro atoms. The molecule has 0 fully saturated rings. The van der Waals surface area contributed by atoms with Gasteiger partial charge in [-0.15, -0.1) is 0 Å². The van der Waals surface area contributed by atoms with Crippen molar-refractivity contribution in [1.82, 2.24) is 10.4 Å². The van der Waals surface area contributed by atoms with Crippen LogP contribution in [0.1, 0.15) is 26.3 Å². The number of hydroxylamine groups is 2. The minimum atomic E-state index is -0.930. The van der Waals surface area contributed by atoms with Gasteiger partial charge in [0.1, 0.15) is 23.3 Å². The normalized spacial score (nSPS) is 12.5. The van der Waals surface area contributed by atoms with Crippen LogP contribution in [0.5, 0.6) is 0 Å². The molecule has 1 atom stereocenters. The van der Waals surface area contributed by atoms with E-state index in [1.54, 1.807) is 0 Å². The van der Waals surface area contributed by atoms with Crippen molar-refractivity contribution in [2.24, 2.45) is 0 Å². The number of halogens is 2. The Balaban J connectivity index is 2.99. The molecule has 0 radical (unpaired) electrons. The highest BCUT2D eigenvalue weighted by molar-refractivity contribution is 5.81. The van der Waals surface area contributed by atoms with Crippen molar-refractivity contribution in [2.75, 3.05) is 14.2 Å². The Hall–Kier alpha value is -2.15. The van der Waals surface area contributed by atoms with Crippen LogP contribution in [0, 0.1) is 11.6 Å². The van der Waals surface area contributed by atoms with Crippen molar-refractivity contribution in [3.63, 3.8) is 0 Å². The van der Waals surface area contributed by atoms with Gasteiger partial charge in [-0.2, -0.15) is 0 Å². The van der Waals surface area contributed by atoms with E-state index in [0.717, 1.165) is 23.3 Å². The number of nitrogens with one attached hydrogen (secondary N) is 1. The quantitative estimate of drug-likeness (QED) is 0.611. The number of likely N-dealkylation sites (N-methyl/N-ethyl adjacent to an activating group) is 1. The van der Waals surface area contributed by atoms with Gasteiger partial charge in [0.2, 0.25) is 0 Å². The maximum Gasteiger partial charge on any atom is 0.268 e. The van der Waals surface area contributed by atoms with E-state index in [4.69, 9.17) is 9.57 Å². The first kappa shape index (κ1) is 19.9. The molecule has 24 heavy (non-hydrogen) atoms. The fourth-order valence-electron chi connectivity index (χ4n) is 2.02. The van der Waals surface area contributed by atoms with Crippen LogP contribution in [0.15, 0.2) is 30.7 Å². The third-order valence-corrected chi connectivity index (χ3v) is 3.08. The standard InChI is InChI=1S/C17H24F2N2O3/c1-11(24-17(2,3)4)20-15(16(22)21(5)23-6)10-12-9-13(18)7-8-14(12)19/h7-9,15,20H,1,10H2,2-6H3/t15-/m1/s1. The van der Waals surface area contributed by atoms with E-state index >= 15 is 0 Å². The minimum Gasteiger partial charge on any atom is -0.474 e. The molecule has 0 saturated heterocycles. The van der Waals surface area contributed by atoms with Gasteiger partial charge in [0.25, 0.3) is 5.91 Å². The highest BCUT2D eigenvalue weighted by Gasteiger charge is 2.26. The third-order valence-electron chi connectivity index (χ3n) is 3.08. The van der Waals surface area contributed by atoms with Crippen molar-refractivity contribution in [3.8, 4) is 0 Å². The number of rotatable bonds is 7. The Morgan fingerprint density at radius 1 is 1.38 bits per heavy atom. The van der Waals surface area contributed by atoms with Crippen LogP contribution in [0.25, 0.3) is 0 Å². The third kappa shape index (κ3) is 6.16. The number of carbonyl (C=O) groups excluding carboxylic acids is 1. The van der Waals surface area contributed by atoms with Crippen LogP contribution in [0.4, 0.5) is 8.78 Å². The van der Waals surface area contributed by atoms with Gasteiger partial charge in [0.15, 0.2) is 5.88 Å². The molecule has 0 aromatic heterocycles. The number of hydrogen-bond donors (Lipinski definition) is 1. The highest BCUT2D eigenvalue weighted by atomic mass is 19.1. The van der Waals surface area contributed by atoms with Crippen LogP contribution >= 0.6 is 0 Å². The van der Waals surface area contributed by atoms with E-state index < -0.39 is 29.2 Å². The van der Waals surface area contributed by atoms with Crippen LogP contribution in [-0.4, -0.2) is 36.8 Å². The maximum absolute atomic E-state index is 13.9. The first-order valence-electron chi connectivity index (χ1n) is 7.43. The Bertz CT molecular complexity index is 600. The van der Waals surface area contributed by atoms with Gasteiger partial charge in [-0.3, -0.25) is 9.63 Å². The molecule has 1 aromatic carbocycles. The minimum absolute atomic E-state index is 0.0638. The van der Waals surface area contributed by atoms with Crippen LogP contribution in [-0.2, 0) is 20.8 Å². The van der Waals surface area contributed by atoms with Crippen LogP contribution in [0.2, 0.25) is 0 Å². The number of hydrogen-bond acceptors (Lipinski definition) is 4. The van der Waals surface area contributed by atoms with E-state index in [-0.39, 0.29) is 17.9 Å². The Morgan fingerprint density at radius 3 is 2.54 bits per heavy atom. The zero-order valence-corrected chi connectivity index (χ0v) is 14.7. The molecule has 0 saturated carbocycles. The molecule has 1 N–H and O–H groups in total. The average Bonchev–Trinajstić information content (AvgIpc) is 2.46. The molecule has 0 unspecified atom stereocenters. The Kier molecular flexibility index (Phi) is 6.71. The van der Waals surface area contributed by atoms with Crippen molar-refractivity contribution in [2.45, 2.75) is 38.8 Å². The molecule has 134 valence electrons. The average molecular weight is 342 g/mol. The van der Waals surface area contributed by atoms with Gasteiger partial charge in [-0.1, -0.05) is 0 Å². The molecule has 0 aliphatic carbocycles. The summed E-state index contributed by atoms with van der Waals surface area (Å²) in [5, 5.41) is 3.81. The fourth-order valence-corrected chi connectivity index (χ4v) is 2.02. The summed E-state index contributed by atoms with van der Waals surface area (Å²) < 4.78 is 32.8. The summed E-state index contributed by atoms with van der Waals surface area (Å²) in [4.78, 5) is 17.3. The maximum atomic E-state index is 13.9. The van der Waals surface area contributed by atoms with Gasteiger partial charge in [0.05, 0.1) is 7.11 Å². The summed E-state index contributed by atoms with van der Waals surface area (Å²) in [5.41, 5.74) is -0.455. The summed E-state index contributed by atoms with van der Waals surface area (Å²) in [5.74, 6) is -1.50. The predicted molar refractivity (Wildman–Crippen MR) is 86.7 cm³/mol. The smallest absolute Gasteiger partial charge is 0.268 e. The number of carbonyl (C=O) groups is 1. The molecule has 0 aliphatic rings. The van der Waals surface area contributed by atoms with E-state index in [1.807, 2.05) is 20.8 Å². The van der Waals surface area contributed by atoms with Crippen LogP contribution < -0.4 is 5.32 Å². The molecule has 5 nitrogen and oxygen atoms in total. The number of ether oxygens (including phenoxy) is 1. The summed E-state index contributed by atoms with van der Waals surface area (Å²) in [6.45, 7) is 9.19. The second-order valence-electron chi connectivity index (χ2n) is 6.29. The van der Waals surface area contributed by atoms with E-state index in [0.29, 0.717) is 0 Å². The molecular weight excluding hydrogens is 318 g/mol. The van der Waals surface area contributed by atoms with E-state index in [1.165, 1.54) is 14.2 Å². The lowest BCUT2D eigenvalue weighted by atomic mass is 10.0. The topological polar surface area (TPSA) is 50.8 Å². The van der Waals surface area contributed by atoms with Crippen molar-refractivity contribution in [1.29, 1.82) is 0 Å². The zero-order valence-electron chi connectivity index (χ0n) is 14.7. The van der Waals surface area contributed by atoms with Gasteiger partial charge >= 0.3 is 0 Å². The summed E-state index contributed by atoms with van der Waals surface area (Å²) in [6, 6.07) is 2.16. The lowest BCUT2D eigenvalue weighted by Crippen LogP contribution is -2.46. The summed E-state index contributed by atoms with van der Waals surface area (Å²) in [6.07, 6.45) is -0.0946. The second-order valence-corrected chi connectivity index (χ2v) is 6.29. The molecule has 1 rings (SSSR count). The number of nitrogens with zero attached hydrogens (tertiary/aromatic N) is 1. The Labute approximate surface area is 141 Å². The highest BCUT2D eigenvalue weighted by Crippen LogP contribution is 2.16. The SMILES string of the molecule is C=C(N[C@H](Cc1cc(F)ccc1F)C(=O)N(C)OC)OC(C)(C)C. The molecule has 0 heterocycles. The molecular formula is C17H24F2N2O3. The summed E-state index contributed by atoms with van der Waals surface area (Å²) in [7, 11) is 2.75. The molecule has 1 amide bonds. The van der Waals surface area contributed by atoms with Gasteiger partial charge in [-0.05, 0) is 51.1 Å². The second kappa shape index (κ2) is 8.10. The molecule has 7 heteroatoms. The number of benzene rings is 1. The lowest BCUT2D eigenvalue weighted by molar-refractivity contribution is -0.171. The monoisotopic (exact) mass is 342 g/mol. The molecule has 1 aromatic rings. The largest absolute Gasteiger partial charge is 0.474 e. The zero-order chi connectivity index (χ0) is 18.5. The summed E-state index contributed by atoms with van der Waals surface area (Å²) >= 11 is 0. The lowest BCUT2D eigenvalue weighted by Gasteiger charge is -2.28. The molecule has 0 bridgehead atoms. The van der Waals surface area contributed by atoms with Crippen LogP contribution in [0.3, 0.4) is 0 Å². The van der Waals surface area contributed by atoms with Crippen molar-refractivity contribution in [3.05, 3.63) is 47.9 Å². The number of amides is 1. The van der Waals surface area contributed by atoms with Crippen molar-refractivity contribution >= 4 is 5.91 Å². The van der Waals surface area contributed by atoms with E-state index in [2.05, 4.69) is 11.9 Å².